The van der Waals surface area contributed by atoms with Crippen molar-refractivity contribution in [3.8, 4) is 0 Å². The van der Waals surface area contributed by atoms with E-state index in [2.05, 4.69) is 6.58 Å². The fraction of sp³-hybridized carbons (Fsp3) is 0.545. The first-order chi connectivity index (χ1) is 8.72. The summed E-state index contributed by atoms with van der Waals surface area (Å²) in [5.41, 5.74) is 0.171. The molecule has 0 N–H and O–H groups in total. The number of hydrogen-bond donors (Lipinski definition) is 0. The van der Waals surface area contributed by atoms with E-state index in [1.54, 1.807) is 6.92 Å². The van der Waals surface area contributed by atoms with Crippen molar-refractivity contribution in [2.45, 2.75) is 27.7 Å². The van der Waals surface area contributed by atoms with Crippen LogP contribution in [0.3, 0.4) is 0 Å². The summed E-state index contributed by atoms with van der Waals surface area (Å²) in [6, 6.07) is 0. The molecule has 0 aliphatic rings. The molecule has 108 valence electrons. The molecule has 0 aliphatic carbocycles. The van der Waals surface area contributed by atoms with Crippen LogP contribution in [-0.4, -0.2) is 39.5 Å². The summed E-state index contributed by atoms with van der Waals surface area (Å²) >= 11 is 0. The maximum atomic E-state index is 11.3. The third kappa shape index (κ3) is 6.72. The van der Waals surface area contributed by atoms with E-state index in [1.165, 1.54) is 6.92 Å². The summed E-state index contributed by atoms with van der Waals surface area (Å²) in [5, 5.41) is 0. The Morgan fingerprint density at radius 1 is 1.05 bits per heavy atom. The van der Waals surface area contributed by atoms with Gasteiger partial charge in [-0.05, 0) is 13.8 Å². The Hall–Kier alpha value is -1.67. The fourth-order valence-corrected chi connectivity index (χ4v) is 3.10. The highest BCUT2D eigenvalue weighted by molar-refractivity contribution is 6.64. The maximum absolute atomic E-state index is 11.3. The fourth-order valence-electron chi connectivity index (χ4n) is 1.12. The third-order valence-corrected chi connectivity index (χ3v) is 4.11. The summed E-state index contributed by atoms with van der Waals surface area (Å²) in [6.07, 6.45) is -0.439. The van der Waals surface area contributed by atoms with E-state index in [4.69, 9.17) is 18.0 Å². The molecule has 0 rings (SSSR count). The van der Waals surface area contributed by atoms with Crippen LogP contribution in [0.4, 0.5) is 0 Å². The molecular formula is C11H18O7Si. The van der Waals surface area contributed by atoms with Crippen LogP contribution in [0, 0.1) is 0 Å². The molecule has 0 amide bonds. The van der Waals surface area contributed by atoms with Crippen molar-refractivity contribution in [1.82, 2.24) is 0 Å². The second-order valence-corrected chi connectivity index (χ2v) is 6.01. The van der Waals surface area contributed by atoms with Crippen LogP contribution in [0.1, 0.15) is 27.7 Å². The van der Waals surface area contributed by atoms with E-state index < -0.39 is 32.9 Å². The van der Waals surface area contributed by atoms with Gasteiger partial charge in [0.1, 0.15) is 0 Å². The minimum absolute atomic E-state index is 0.136. The van der Waals surface area contributed by atoms with E-state index in [9.17, 15) is 14.4 Å². The smallest absolute Gasteiger partial charge is 0.463 e. The van der Waals surface area contributed by atoms with Crippen LogP contribution >= 0.6 is 0 Å². The van der Waals surface area contributed by atoms with E-state index in [1.807, 2.05) is 0 Å². The predicted molar refractivity (Wildman–Crippen MR) is 66.7 cm³/mol. The van der Waals surface area contributed by atoms with Gasteiger partial charge in [-0.2, -0.15) is 0 Å². The molecule has 0 aromatic carbocycles. The Bertz CT molecular complexity index is 361. The Morgan fingerprint density at radius 3 is 1.84 bits per heavy atom. The lowest BCUT2D eigenvalue weighted by molar-refractivity contribution is -0.148. The minimum Gasteiger partial charge on any atom is -0.463 e. The molecule has 0 saturated carbocycles. The lowest BCUT2D eigenvalue weighted by Gasteiger charge is -2.26. The van der Waals surface area contributed by atoms with Crippen molar-refractivity contribution in [2.24, 2.45) is 0 Å². The van der Waals surface area contributed by atoms with Crippen LogP contribution in [0.15, 0.2) is 12.2 Å². The highest BCUT2D eigenvalue weighted by Crippen LogP contribution is 2.12. The van der Waals surface area contributed by atoms with Crippen LogP contribution < -0.4 is 0 Å². The number of rotatable bonds is 7. The van der Waals surface area contributed by atoms with E-state index in [0.29, 0.717) is 0 Å². The van der Waals surface area contributed by atoms with Gasteiger partial charge in [0.15, 0.2) is 6.23 Å². The van der Waals surface area contributed by atoms with Gasteiger partial charge < -0.3 is 18.0 Å². The number of carbonyl (C=O) groups excluding carboxylic acids is 3. The second-order valence-electron chi connectivity index (χ2n) is 3.66. The first kappa shape index (κ1) is 17.3. The molecule has 0 aromatic rings. The summed E-state index contributed by atoms with van der Waals surface area (Å²) in [5.74, 6) is -2.06. The molecule has 0 spiro atoms. The number of carbonyl (C=O) groups is 3. The Kier molecular flexibility index (Phi) is 7.02. The maximum Gasteiger partial charge on any atom is 0.676 e. The number of ether oxygens (including phenoxy) is 1. The van der Waals surface area contributed by atoms with Crippen molar-refractivity contribution in [3.63, 3.8) is 0 Å². The SMILES string of the molecule is C=C(C)C(=O)OC[Si](OCC)(OC(C)=O)OC(C)=O. The van der Waals surface area contributed by atoms with Crippen LogP contribution in [-0.2, 0) is 32.4 Å². The zero-order chi connectivity index (χ0) is 15.1. The van der Waals surface area contributed by atoms with Gasteiger partial charge in [-0.25, -0.2) is 4.79 Å². The highest BCUT2D eigenvalue weighted by atomic mass is 28.4. The predicted octanol–water partition coefficient (Wildman–Crippen LogP) is 0.746. The molecule has 0 bridgehead atoms. The molecule has 0 radical (unpaired) electrons. The number of esters is 1. The first-order valence-electron chi connectivity index (χ1n) is 5.58. The average molecular weight is 290 g/mol. The Labute approximate surface area is 112 Å². The molecule has 0 fully saturated rings. The monoisotopic (exact) mass is 290 g/mol. The van der Waals surface area contributed by atoms with Crippen molar-refractivity contribution in [2.75, 3.05) is 12.8 Å². The lowest BCUT2D eigenvalue weighted by atomic mass is 10.4. The number of hydrogen-bond acceptors (Lipinski definition) is 7. The van der Waals surface area contributed by atoms with Gasteiger partial charge >= 0.3 is 14.8 Å². The van der Waals surface area contributed by atoms with Crippen molar-refractivity contribution < 1.29 is 32.4 Å². The molecule has 0 heterocycles. The van der Waals surface area contributed by atoms with Crippen LogP contribution in [0.2, 0.25) is 0 Å². The first-order valence-corrected chi connectivity index (χ1v) is 7.51. The van der Waals surface area contributed by atoms with Gasteiger partial charge in [0.2, 0.25) is 0 Å². The third-order valence-electron chi connectivity index (χ3n) is 1.69. The average Bonchev–Trinajstić information content (AvgIpc) is 2.24. The summed E-state index contributed by atoms with van der Waals surface area (Å²) in [7, 11) is -3.71. The molecule has 0 saturated heterocycles. The highest BCUT2D eigenvalue weighted by Gasteiger charge is 2.50. The van der Waals surface area contributed by atoms with Crippen molar-refractivity contribution >= 4 is 26.7 Å². The quantitative estimate of drug-likeness (QED) is 0.388. The molecular weight excluding hydrogens is 272 g/mol. The van der Waals surface area contributed by atoms with Gasteiger partial charge in [-0.15, -0.1) is 0 Å². The zero-order valence-corrected chi connectivity index (χ0v) is 12.5. The van der Waals surface area contributed by atoms with Gasteiger partial charge in [0, 0.05) is 26.0 Å². The molecule has 0 aliphatic heterocycles. The van der Waals surface area contributed by atoms with Crippen LogP contribution in [0.5, 0.6) is 0 Å². The van der Waals surface area contributed by atoms with E-state index in [0.717, 1.165) is 13.8 Å². The molecule has 7 nitrogen and oxygen atoms in total. The minimum atomic E-state index is -3.71. The van der Waals surface area contributed by atoms with E-state index >= 15 is 0 Å². The summed E-state index contributed by atoms with van der Waals surface area (Å²) in [4.78, 5) is 33.5. The molecule has 0 atom stereocenters. The van der Waals surface area contributed by atoms with E-state index in [-0.39, 0.29) is 12.2 Å². The summed E-state index contributed by atoms with van der Waals surface area (Å²) < 4.78 is 20.0. The molecule has 8 heteroatoms. The summed E-state index contributed by atoms with van der Waals surface area (Å²) in [6.45, 7) is 8.93. The Morgan fingerprint density at radius 2 is 1.53 bits per heavy atom. The normalized spacial score (nSPS) is 10.5. The Balaban J connectivity index is 4.97. The van der Waals surface area contributed by atoms with Crippen LogP contribution in [0.25, 0.3) is 0 Å². The van der Waals surface area contributed by atoms with Crippen molar-refractivity contribution in [1.29, 1.82) is 0 Å². The molecule has 0 unspecified atom stereocenters. The van der Waals surface area contributed by atoms with Gasteiger partial charge in [0.05, 0.1) is 0 Å². The lowest BCUT2D eigenvalue weighted by Crippen LogP contribution is -2.53. The largest absolute Gasteiger partial charge is 0.676 e. The standard InChI is InChI=1S/C11H18O7Si/c1-6-16-19(17-9(4)12,18-10(5)13)7-15-11(14)8(2)3/h2,6-7H2,1,3-5H3. The topological polar surface area (TPSA) is 88.1 Å². The molecule has 0 aromatic heterocycles. The molecule has 19 heavy (non-hydrogen) atoms. The second kappa shape index (κ2) is 7.69. The zero-order valence-electron chi connectivity index (χ0n) is 11.5. The van der Waals surface area contributed by atoms with Gasteiger partial charge in [-0.3, -0.25) is 9.59 Å². The van der Waals surface area contributed by atoms with Gasteiger partial charge in [0.25, 0.3) is 11.9 Å². The van der Waals surface area contributed by atoms with Crippen molar-refractivity contribution in [3.05, 3.63) is 12.2 Å². The van der Waals surface area contributed by atoms with Gasteiger partial charge in [-0.1, -0.05) is 6.58 Å².